The first kappa shape index (κ1) is 13.3. The summed E-state index contributed by atoms with van der Waals surface area (Å²) in [6.45, 7) is 2.30. The summed E-state index contributed by atoms with van der Waals surface area (Å²) in [4.78, 5) is 11.9. The van der Waals surface area contributed by atoms with Crippen LogP contribution in [0.3, 0.4) is 0 Å². The molecule has 0 aliphatic carbocycles. The van der Waals surface area contributed by atoms with Crippen LogP contribution in [0.2, 0.25) is 0 Å². The molecule has 0 bridgehead atoms. The lowest BCUT2D eigenvalue weighted by Gasteiger charge is -2.15. The Morgan fingerprint density at radius 2 is 2.29 bits per heavy atom. The maximum absolute atomic E-state index is 11.9. The molecule has 0 spiro atoms. The van der Waals surface area contributed by atoms with Crippen LogP contribution < -0.4 is 15.8 Å². The summed E-state index contributed by atoms with van der Waals surface area (Å²) in [6.07, 6.45) is 0.743. The van der Waals surface area contributed by atoms with E-state index < -0.39 is 0 Å². The highest BCUT2D eigenvalue weighted by Gasteiger charge is 2.15. The van der Waals surface area contributed by atoms with Gasteiger partial charge in [-0.3, -0.25) is 4.79 Å². The van der Waals surface area contributed by atoms with Crippen molar-refractivity contribution in [1.82, 2.24) is 5.32 Å². The van der Waals surface area contributed by atoms with E-state index in [4.69, 9.17) is 10.5 Å². The summed E-state index contributed by atoms with van der Waals surface area (Å²) in [6, 6.07) is 4.42. The van der Waals surface area contributed by atoms with E-state index in [1.807, 2.05) is 6.92 Å². The third kappa shape index (κ3) is 3.35. The van der Waals surface area contributed by atoms with Crippen molar-refractivity contribution in [3.63, 3.8) is 0 Å². The number of nitrogens with two attached hydrogens (primary N) is 1. The average molecular weight is 238 g/mol. The Morgan fingerprint density at radius 1 is 1.59 bits per heavy atom. The molecule has 1 aromatic rings. The molecule has 0 aromatic heterocycles. The SMILES string of the molecule is CCC(CN)NC(=O)c1cc(OC)ccc1O. The van der Waals surface area contributed by atoms with Crippen molar-refractivity contribution in [1.29, 1.82) is 0 Å². The summed E-state index contributed by atoms with van der Waals surface area (Å²) in [5.74, 6) is 0.0996. The zero-order valence-electron chi connectivity index (χ0n) is 10.1. The van der Waals surface area contributed by atoms with Crippen LogP contribution >= 0.6 is 0 Å². The number of phenols is 1. The summed E-state index contributed by atoms with van der Waals surface area (Å²) < 4.78 is 5.00. The van der Waals surface area contributed by atoms with Crippen LogP contribution in [0.4, 0.5) is 0 Å². The highest BCUT2D eigenvalue weighted by atomic mass is 16.5. The molecular formula is C12H18N2O3. The van der Waals surface area contributed by atoms with Gasteiger partial charge in [-0.1, -0.05) is 6.92 Å². The van der Waals surface area contributed by atoms with E-state index in [2.05, 4.69) is 5.32 Å². The Morgan fingerprint density at radius 3 is 2.82 bits per heavy atom. The Bertz CT molecular complexity index is 389. The third-order valence-electron chi connectivity index (χ3n) is 2.56. The number of carbonyl (C=O) groups excluding carboxylic acids is 1. The molecule has 0 saturated heterocycles. The number of hydrogen-bond donors (Lipinski definition) is 3. The maximum Gasteiger partial charge on any atom is 0.255 e. The van der Waals surface area contributed by atoms with Crippen molar-refractivity contribution in [3.05, 3.63) is 23.8 Å². The Balaban J connectivity index is 2.87. The van der Waals surface area contributed by atoms with E-state index in [0.29, 0.717) is 12.3 Å². The highest BCUT2D eigenvalue weighted by molar-refractivity contribution is 5.97. The molecule has 5 nitrogen and oxygen atoms in total. The average Bonchev–Trinajstić information content (AvgIpc) is 2.36. The lowest BCUT2D eigenvalue weighted by atomic mass is 10.1. The van der Waals surface area contributed by atoms with Gasteiger partial charge in [-0.15, -0.1) is 0 Å². The van der Waals surface area contributed by atoms with Crippen molar-refractivity contribution < 1.29 is 14.6 Å². The zero-order valence-corrected chi connectivity index (χ0v) is 10.1. The van der Waals surface area contributed by atoms with Crippen molar-refractivity contribution in [2.24, 2.45) is 5.73 Å². The molecule has 1 unspecified atom stereocenters. The number of carbonyl (C=O) groups is 1. The van der Waals surface area contributed by atoms with E-state index in [-0.39, 0.29) is 23.3 Å². The van der Waals surface area contributed by atoms with E-state index >= 15 is 0 Å². The topological polar surface area (TPSA) is 84.6 Å². The van der Waals surface area contributed by atoms with Gasteiger partial charge < -0.3 is 20.9 Å². The van der Waals surface area contributed by atoms with Crippen LogP contribution in [0.15, 0.2) is 18.2 Å². The fourth-order valence-corrected chi connectivity index (χ4v) is 1.41. The van der Waals surface area contributed by atoms with Gasteiger partial charge in [0.05, 0.1) is 12.7 Å². The van der Waals surface area contributed by atoms with E-state index in [9.17, 15) is 9.90 Å². The summed E-state index contributed by atoms with van der Waals surface area (Å²) in [7, 11) is 1.50. The van der Waals surface area contributed by atoms with Crippen LogP contribution in [0.25, 0.3) is 0 Å². The van der Waals surface area contributed by atoms with E-state index in [0.717, 1.165) is 6.42 Å². The fraction of sp³-hybridized carbons (Fsp3) is 0.417. The van der Waals surface area contributed by atoms with Gasteiger partial charge in [0.1, 0.15) is 11.5 Å². The minimum absolute atomic E-state index is 0.0739. The molecule has 1 atom stereocenters. The van der Waals surface area contributed by atoms with Gasteiger partial charge in [-0.25, -0.2) is 0 Å². The second-order valence-corrected chi connectivity index (χ2v) is 3.70. The number of phenolic OH excluding ortho intramolecular Hbond substituents is 1. The second kappa shape index (κ2) is 6.10. The minimum atomic E-state index is -0.348. The normalized spacial score (nSPS) is 11.9. The number of rotatable bonds is 5. The van der Waals surface area contributed by atoms with Gasteiger partial charge in [-0.2, -0.15) is 0 Å². The molecule has 94 valence electrons. The first-order valence-corrected chi connectivity index (χ1v) is 5.50. The Kier molecular flexibility index (Phi) is 4.78. The lowest BCUT2D eigenvalue weighted by Crippen LogP contribution is -2.39. The molecule has 0 aliphatic heterocycles. The van der Waals surface area contributed by atoms with Crippen LogP contribution in [0.5, 0.6) is 11.5 Å². The molecule has 0 heterocycles. The zero-order chi connectivity index (χ0) is 12.8. The number of aromatic hydroxyl groups is 1. The lowest BCUT2D eigenvalue weighted by molar-refractivity contribution is 0.0934. The van der Waals surface area contributed by atoms with Crippen LogP contribution in [0, 0.1) is 0 Å². The van der Waals surface area contributed by atoms with Crippen molar-refractivity contribution in [3.8, 4) is 11.5 Å². The molecule has 0 fully saturated rings. The number of hydrogen-bond acceptors (Lipinski definition) is 4. The van der Waals surface area contributed by atoms with Crippen molar-refractivity contribution in [2.75, 3.05) is 13.7 Å². The predicted octanol–water partition coefficient (Wildman–Crippen LogP) is 0.868. The van der Waals surface area contributed by atoms with Crippen molar-refractivity contribution >= 4 is 5.91 Å². The monoisotopic (exact) mass is 238 g/mol. The van der Waals surface area contributed by atoms with Crippen LogP contribution in [0.1, 0.15) is 23.7 Å². The predicted molar refractivity (Wildman–Crippen MR) is 65.3 cm³/mol. The maximum atomic E-state index is 11.9. The van der Waals surface area contributed by atoms with Crippen LogP contribution in [-0.4, -0.2) is 30.7 Å². The number of ether oxygens (including phenoxy) is 1. The molecule has 17 heavy (non-hydrogen) atoms. The molecule has 1 amide bonds. The molecule has 1 aromatic carbocycles. The van der Waals surface area contributed by atoms with Gasteiger partial charge in [0.2, 0.25) is 0 Å². The largest absolute Gasteiger partial charge is 0.507 e. The standard InChI is InChI=1S/C12H18N2O3/c1-3-8(7-13)14-12(16)10-6-9(17-2)4-5-11(10)15/h4-6,8,15H,3,7,13H2,1-2H3,(H,14,16). The molecule has 1 rings (SSSR count). The second-order valence-electron chi connectivity index (χ2n) is 3.70. The number of methoxy groups -OCH3 is 1. The highest BCUT2D eigenvalue weighted by Crippen LogP contribution is 2.22. The molecular weight excluding hydrogens is 220 g/mol. The first-order chi connectivity index (χ1) is 8.12. The summed E-state index contributed by atoms with van der Waals surface area (Å²) in [5.41, 5.74) is 5.69. The molecule has 4 N–H and O–H groups in total. The van der Waals surface area contributed by atoms with Crippen LogP contribution in [-0.2, 0) is 0 Å². The number of benzene rings is 1. The smallest absolute Gasteiger partial charge is 0.255 e. The minimum Gasteiger partial charge on any atom is -0.507 e. The third-order valence-corrected chi connectivity index (χ3v) is 2.56. The molecule has 5 heteroatoms. The summed E-state index contributed by atoms with van der Waals surface area (Å²) in [5, 5.41) is 12.4. The quantitative estimate of drug-likeness (QED) is 0.710. The number of nitrogens with one attached hydrogen (secondary N) is 1. The van der Waals surface area contributed by atoms with Gasteiger partial charge in [0.15, 0.2) is 0 Å². The van der Waals surface area contributed by atoms with Gasteiger partial charge >= 0.3 is 0 Å². The Labute approximate surface area is 101 Å². The molecule has 0 saturated carbocycles. The molecule has 0 aliphatic rings. The van der Waals surface area contributed by atoms with E-state index in [1.165, 1.54) is 19.2 Å². The first-order valence-electron chi connectivity index (χ1n) is 5.50. The number of amides is 1. The van der Waals surface area contributed by atoms with Gasteiger partial charge in [0, 0.05) is 12.6 Å². The Hall–Kier alpha value is -1.75. The fourth-order valence-electron chi connectivity index (χ4n) is 1.41. The van der Waals surface area contributed by atoms with Gasteiger partial charge in [-0.05, 0) is 24.6 Å². The summed E-state index contributed by atoms with van der Waals surface area (Å²) >= 11 is 0. The molecule has 0 radical (unpaired) electrons. The van der Waals surface area contributed by atoms with Crippen molar-refractivity contribution in [2.45, 2.75) is 19.4 Å². The van der Waals surface area contributed by atoms with E-state index in [1.54, 1.807) is 6.07 Å². The van der Waals surface area contributed by atoms with Gasteiger partial charge in [0.25, 0.3) is 5.91 Å².